The summed E-state index contributed by atoms with van der Waals surface area (Å²) in [5.74, 6) is 1.50. The summed E-state index contributed by atoms with van der Waals surface area (Å²) in [6.07, 6.45) is -0.755. The Morgan fingerprint density at radius 1 is 2.00 bits per heavy atom. The molecule has 0 radical (unpaired) electrons. The van der Waals surface area contributed by atoms with Gasteiger partial charge in [0.1, 0.15) is 6.61 Å². The first-order chi connectivity index (χ1) is 3.27. The summed E-state index contributed by atoms with van der Waals surface area (Å²) in [4.78, 5) is 9.72. The summed E-state index contributed by atoms with van der Waals surface area (Å²) in [5, 5.41) is 0. The number of hydrogen-bond donors (Lipinski definition) is 1. The zero-order chi connectivity index (χ0) is 5.70. The summed E-state index contributed by atoms with van der Waals surface area (Å²) < 4.78 is 4.23. The first-order valence-corrected chi connectivity index (χ1v) is 2.26. The fourth-order valence-electron chi connectivity index (χ4n) is 0.124. The van der Waals surface area contributed by atoms with Gasteiger partial charge < -0.3 is 10.5 Å². The van der Waals surface area contributed by atoms with Crippen LogP contribution in [0.2, 0.25) is 0 Å². The second kappa shape index (κ2) is 3.62. The quantitative estimate of drug-likeness (QED) is 0.521. The highest BCUT2D eigenvalue weighted by molar-refractivity contribution is 7.18. The maximum absolute atomic E-state index is 9.72. The lowest BCUT2D eigenvalue weighted by Crippen LogP contribution is -2.13. The van der Waals surface area contributed by atoms with Gasteiger partial charge in [-0.1, -0.05) is 0 Å². The number of rotatable bonds is 2. The second-order valence-corrected chi connectivity index (χ2v) is 1.24. The van der Waals surface area contributed by atoms with E-state index in [1.807, 2.05) is 0 Å². The molecule has 0 atom stereocenters. The van der Waals surface area contributed by atoms with Gasteiger partial charge in [0, 0.05) is 0 Å². The number of primary amides is 1. The van der Waals surface area contributed by atoms with E-state index >= 15 is 0 Å². The summed E-state index contributed by atoms with van der Waals surface area (Å²) in [6.45, 7) is 0.215. The van der Waals surface area contributed by atoms with Crippen LogP contribution in [0, 0.1) is 0 Å². The Bertz CT molecular complexity index is 83.0. The van der Waals surface area contributed by atoms with Crippen LogP contribution >= 0.6 is 8.86 Å². The monoisotopic (exact) mass is 119 g/mol. The second-order valence-electron chi connectivity index (χ2n) is 0.834. The normalized spacial score (nSPS) is 7.43. The van der Waals surface area contributed by atoms with Gasteiger partial charge in [0.15, 0.2) is 0 Å². The molecule has 4 heteroatoms. The van der Waals surface area contributed by atoms with E-state index in [0.29, 0.717) is 0 Å². The fraction of sp³-hybridized carbons (Fsp3) is 0.333. The molecule has 0 saturated carbocycles. The molecule has 0 aliphatic heterocycles. The molecule has 0 heterocycles. The molecule has 0 spiro atoms. The molecule has 0 rings (SSSR count). The Morgan fingerprint density at radius 3 is 2.71 bits per heavy atom. The van der Waals surface area contributed by atoms with E-state index in [-0.39, 0.29) is 6.61 Å². The third-order valence-electron chi connectivity index (χ3n) is 0.309. The van der Waals surface area contributed by atoms with Gasteiger partial charge in [-0.25, -0.2) is 4.79 Å². The van der Waals surface area contributed by atoms with Crippen molar-refractivity contribution in [2.24, 2.45) is 5.73 Å². The SMILES string of the molecule is NC(=O)OCC=P. The topological polar surface area (TPSA) is 52.3 Å². The van der Waals surface area contributed by atoms with Gasteiger partial charge in [-0.2, -0.15) is 0 Å². The van der Waals surface area contributed by atoms with Crippen LogP contribution < -0.4 is 5.73 Å². The first kappa shape index (κ1) is 6.44. The van der Waals surface area contributed by atoms with Crippen LogP contribution in [0.15, 0.2) is 0 Å². The molecule has 3 nitrogen and oxygen atoms in total. The molecule has 0 aromatic rings. The lowest BCUT2D eigenvalue weighted by atomic mass is 10.9. The Balaban J connectivity index is 2.97. The fourth-order valence-corrected chi connectivity index (χ4v) is 0.207. The van der Waals surface area contributed by atoms with Crippen LogP contribution in [-0.2, 0) is 4.74 Å². The van der Waals surface area contributed by atoms with Crippen molar-refractivity contribution in [2.45, 2.75) is 0 Å². The minimum atomic E-state index is -0.755. The molecule has 0 saturated heterocycles. The van der Waals surface area contributed by atoms with Crippen LogP contribution in [0.5, 0.6) is 0 Å². The Hall–Kier alpha value is -0.560. The van der Waals surface area contributed by atoms with Gasteiger partial charge in [-0.15, -0.1) is 8.86 Å². The molecule has 0 fully saturated rings. The third kappa shape index (κ3) is 5.44. The molecule has 1 amide bonds. The molecular weight excluding hydrogens is 113 g/mol. The lowest BCUT2D eigenvalue weighted by molar-refractivity contribution is 0.174. The number of hydrogen-bond acceptors (Lipinski definition) is 2. The maximum Gasteiger partial charge on any atom is 0.404 e. The molecule has 0 unspecified atom stereocenters. The van der Waals surface area contributed by atoms with E-state index in [1.54, 1.807) is 0 Å². The predicted octanol–water partition coefficient (Wildman–Crippen LogP) is 0.0267. The number of ether oxygens (including phenoxy) is 1. The molecule has 0 aromatic carbocycles. The minimum Gasteiger partial charge on any atom is -0.445 e. The van der Waals surface area contributed by atoms with Crippen LogP contribution in [-0.4, -0.2) is 18.5 Å². The molecule has 7 heavy (non-hydrogen) atoms. The van der Waals surface area contributed by atoms with Crippen molar-refractivity contribution in [1.29, 1.82) is 0 Å². The Kier molecular flexibility index (Phi) is 3.33. The van der Waals surface area contributed by atoms with Crippen molar-refractivity contribution in [1.82, 2.24) is 0 Å². The van der Waals surface area contributed by atoms with Crippen LogP contribution in [0.3, 0.4) is 0 Å². The van der Waals surface area contributed by atoms with Crippen molar-refractivity contribution in [3.8, 4) is 0 Å². The maximum atomic E-state index is 9.72. The van der Waals surface area contributed by atoms with E-state index in [1.165, 1.54) is 5.80 Å². The van der Waals surface area contributed by atoms with E-state index in [4.69, 9.17) is 0 Å². The molecule has 0 aliphatic carbocycles. The average Bonchev–Trinajstić information content (AvgIpc) is 1.61. The largest absolute Gasteiger partial charge is 0.445 e. The van der Waals surface area contributed by atoms with Crippen LogP contribution in [0.4, 0.5) is 4.79 Å². The molecule has 0 bridgehead atoms. The van der Waals surface area contributed by atoms with E-state index < -0.39 is 6.09 Å². The van der Waals surface area contributed by atoms with Gasteiger partial charge in [0.05, 0.1) is 0 Å². The van der Waals surface area contributed by atoms with Gasteiger partial charge in [0.2, 0.25) is 0 Å². The molecule has 0 aliphatic rings. The third-order valence-corrected chi connectivity index (χ3v) is 0.476. The zero-order valence-electron chi connectivity index (χ0n) is 3.68. The van der Waals surface area contributed by atoms with Gasteiger partial charge >= 0.3 is 6.09 Å². The van der Waals surface area contributed by atoms with Gasteiger partial charge in [0.25, 0.3) is 0 Å². The minimum absolute atomic E-state index is 0.215. The van der Waals surface area contributed by atoms with Crippen molar-refractivity contribution >= 4 is 20.8 Å². The Labute approximate surface area is 43.7 Å². The van der Waals surface area contributed by atoms with Crippen molar-refractivity contribution < 1.29 is 9.53 Å². The molecular formula is C3H6NO2P. The average molecular weight is 119 g/mol. The van der Waals surface area contributed by atoms with Crippen molar-refractivity contribution in [3.05, 3.63) is 0 Å². The van der Waals surface area contributed by atoms with Gasteiger partial charge in [-0.3, -0.25) is 0 Å². The molecule has 0 aromatic heterocycles. The zero-order valence-corrected chi connectivity index (χ0v) is 4.68. The Morgan fingerprint density at radius 2 is 2.57 bits per heavy atom. The summed E-state index contributed by atoms with van der Waals surface area (Å²) >= 11 is 0. The first-order valence-electron chi connectivity index (χ1n) is 1.68. The highest BCUT2D eigenvalue weighted by atomic mass is 31.0. The predicted molar refractivity (Wildman–Crippen MR) is 29.9 cm³/mol. The van der Waals surface area contributed by atoms with Crippen molar-refractivity contribution in [2.75, 3.05) is 6.61 Å². The summed E-state index contributed by atoms with van der Waals surface area (Å²) in [5.41, 5.74) is 4.58. The molecule has 2 N–H and O–H groups in total. The van der Waals surface area contributed by atoms with E-state index in [9.17, 15) is 4.79 Å². The molecule has 40 valence electrons. The number of amides is 1. The van der Waals surface area contributed by atoms with E-state index in [2.05, 4.69) is 19.3 Å². The van der Waals surface area contributed by atoms with E-state index in [0.717, 1.165) is 0 Å². The standard InChI is InChI=1S/C3H6NO2P/c4-3(5)6-1-2-7/h2,7H,1H2,(H2,4,5). The number of carbonyl (C=O) groups excluding carboxylic acids is 1. The van der Waals surface area contributed by atoms with Gasteiger partial charge in [-0.05, 0) is 5.80 Å². The number of nitrogens with two attached hydrogens (primary N) is 1. The summed E-state index contributed by atoms with van der Waals surface area (Å²) in [7, 11) is 2.96. The van der Waals surface area contributed by atoms with Crippen LogP contribution in [0.25, 0.3) is 0 Å². The highest BCUT2D eigenvalue weighted by Gasteiger charge is 1.84. The lowest BCUT2D eigenvalue weighted by Gasteiger charge is -1.90. The highest BCUT2D eigenvalue weighted by Crippen LogP contribution is 1.68. The summed E-state index contributed by atoms with van der Waals surface area (Å²) in [6, 6.07) is 0. The van der Waals surface area contributed by atoms with Crippen molar-refractivity contribution in [3.63, 3.8) is 0 Å². The smallest absolute Gasteiger partial charge is 0.404 e. The van der Waals surface area contributed by atoms with Crippen LogP contribution in [0.1, 0.15) is 0 Å². The number of carbonyl (C=O) groups is 1.